The summed E-state index contributed by atoms with van der Waals surface area (Å²) in [4.78, 5) is 18.7. The summed E-state index contributed by atoms with van der Waals surface area (Å²) in [5.41, 5.74) is 0.808. The zero-order valence-corrected chi connectivity index (χ0v) is 13.3. The molecule has 3 rings (SSSR count). The monoisotopic (exact) mass is 333 g/mol. The number of pyridine rings is 1. The van der Waals surface area contributed by atoms with Crippen LogP contribution in [-0.2, 0) is 6.54 Å². The second-order valence-electron chi connectivity index (χ2n) is 5.53. The minimum absolute atomic E-state index is 0.0563. The normalized spacial score (nSPS) is 14.1. The standard InChI is InChI=1S/C17H17ClFN3O/c18-13-4-5-15(19)14(9-13)17(23)21-11-12-3-6-16(20-10-12)22-7-1-2-8-22/h3-6,9-10H,1-2,7-8,11H2,(H,21,23). The molecule has 0 spiro atoms. The average Bonchev–Trinajstić information content (AvgIpc) is 3.10. The highest BCUT2D eigenvalue weighted by molar-refractivity contribution is 6.31. The smallest absolute Gasteiger partial charge is 0.254 e. The van der Waals surface area contributed by atoms with E-state index in [1.165, 1.54) is 31.0 Å². The van der Waals surface area contributed by atoms with Crippen molar-refractivity contribution < 1.29 is 9.18 Å². The minimum Gasteiger partial charge on any atom is -0.357 e. The Morgan fingerprint density at radius 3 is 2.74 bits per heavy atom. The molecule has 23 heavy (non-hydrogen) atoms. The minimum atomic E-state index is -0.589. The van der Waals surface area contributed by atoms with E-state index in [4.69, 9.17) is 11.6 Å². The Balaban J connectivity index is 1.61. The molecule has 120 valence electrons. The van der Waals surface area contributed by atoms with Crippen LogP contribution in [0.2, 0.25) is 5.02 Å². The number of carbonyl (C=O) groups excluding carboxylic acids is 1. The molecule has 1 aliphatic rings. The number of aromatic nitrogens is 1. The van der Waals surface area contributed by atoms with E-state index >= 15 is 0 Å². The lowest BCUT2D eigenvalue weighted by molar-refractivity contribution is 0.0947. The predicted molar refractivity (Wildman–Crippen MR) is 88.3 cm³/mol. The summed E-state index contributed by atoms with van der Waals surface area (Å²) < 4.78 is 13.6. The Kier molecular flexibility index (Phi) is 4.76. The lowest BCUT2D eigenvalue weighted by Crippen LogP contribution is -2.24. The number of rotatable bonds is 4. The molecular formula is C17H17ClFN3O. The van der Waals surface area contributed by atoms with Crippen molar-refractivity contribution in [2.24, 2.45) is 0 Å². The highest BCUT2D eigenvalue weighted by atomic mass is 35.5. The quantitative estimate of drug-likeness (QED) is 0.932. The van der Waals surface area contributed by atoms with E-state index in [0.29, 0.717) is 5.02 Å². The first-order chi connectivity index (χ1) is 11.1. The molecule has 0 unspecified atom stereocenters. The van der Waals surface area contributed by atoms with Crippen LogP contribution in [-0.4, -0.2) is 24.0 Å². The average molecular weight is 334 g/mol. The van der Waals surface area contributed by atoms with Crippen molar-refractivity contribution in [2.75, 3.05) is 18.0 Å². The summed E-state index contributed by atoms with van der Waals surface area (Å²) in [6.07, 6.45) is 4.14. The van der Waals surface area contributed by atoms with Crippen molar-refractivity contribution >= 4 is 23.3 Å². The molecule has 1 fully saturated rings. The van der Waals surface area contributed by atoms with Gasteiger partial charge in [-0.05, 0) is 42.7 Å². The van der Waals surface area contributed by atoms with Crippen LogP contribution in [0.3, 0.4) is 0 Å². The Labute approximate surface area is 139 Å². The Morgan fingerprint density at radius 1 is 1.26 bits per heavy atom. The molecule has 0 atom stereocenters. The van der Waals surface area contributed by atoms with Crippen molar-refractivity contribution in [3.8, 4) is 0 Å². The third-order valence-electron chi connectivity index (χ3n) is 3.87. The second kappa shape index (κ2) is 6.96. The second-order valence-corrected chi connectivity index (χ2v) is 5.96. The molecular weight excluding hydrogens is 317 g/mol. The topological polar surface area (TPSA) is 45.2 Å². The van der Waals surface area contributed by atoms with E-state index in [0.717, 1.165) is 24.5 Å². The summed E-state index contributed by atoms with van der Waals surface area (Å²) in [6.45, 7) is 2.37. The fourth-order valence-electron chi connectivity index (χ4n) is 2.60. The first-order valence-corrected chi connectivity index (χ1v) is 7.94. The number of amides is 1. The molecule has 1 N–H and O–H groups in total. The Bertz CT molecular complexity index is 699. The van der Waals surface area contributed by atoms with Crippen LogP contribution in [0.15, 0.2) is 36.5 Å². The van der Waals surface area contributed by atoms with Gasteiger partial charge in [-0.25, -0.2) is 9.37 Å². The number of nitrogens with one attached hydrogen (secondary N) is 1. The zero-order valence-electron chi connectivity index (χ0n) is 12.6. The fourth-order valence-corrected chi connectivity index (χ4v) is 2.78. The highest BCUT2D eigenvalue weighted by Gasteiger charge is 2.14. The van der Waals surface area contributed by atoms with Crippen LogP contribution in [0.4, 0.5) is 10.2 Å². The van der Waals surface area contributed by atoms with E-state index in [1.807, 2.05) is 12.1 Å². The molecule has 4 nitrogen and oxygen atoms in total. The maximum Gasteiger partial charge on any atom is 0.254 e. The summed E-state index contributed by atoms with van der Waals surface area (Å²) in [6, 6.07) is 7.79. The fraction of sp³-hybridized carbons (Fsp3) is 0.294. The molecule has 1 aromatic heterocycles. The zero-order chi connectivity index (χ0) is 16.2. The van der Waals surface area contributed by atoms with E-state index in [-0.39, 0.29) is 12.1 Å². The number of anilines is 1. The summed E-state index contributed by atoms with van der Waals surface area (Å²) in [7, 11) is 0. The van der Waals surface area contributed by atoms with Gasteiger partial charge in [0.05, 0.1) is 5.56 Å². The number of halogens is 2. The Hall–Kier alpha value is -2.14. The maximum absolute atomic E-state index is 13.6. The molecule has 0 radical (unpaired) electrons. The molecule has 0 aliphatic carbocycles. The predicted octanol–water partition coefficient (Wildman–Crippen LogP) is 3.40. The van der Waals surface area contributed by atoms with Crippen LogP contribution < -0.4 is 10.2 Å². The largest absolute Gasteiger partial charge is 0.357 e. The van der Waals surface area contributed by atoms with Crippen molar-refractivity contribution in [1.82, 2.24) is 10.3 Å². The highest BCUT2D eigenvalue weighted by Crippen LogP contribution is 2.18. The molecule has 1 aliphatic heterocycles. The van der Waals surface area contributed by atoms with Gasteiger partial charge in [-0.2, -0.15) is 0 Å². The van der Waals surface area contributed by atoms with Crippen LogP contribution in [0.25, 0.3) is 0 Å². The van der Waals surface area contributed by atoms with E-state index < -0.39 is 11.7 Å². The molecule has 0 bridgehead atoms. The van der Waals surface area contributed by atoms with Crippen molar-refractivity contribution in [2.45, 2.75) is 19.4 Å². The molecule has 2 heterocycles. The molecule has 6 heteroatoms. The summed E-state index contributed by atoms with van der Waals surface area (Å²) in [5.74, 6) is -0.124. The lowest BCUT2D eigenvalue weighted by Gasteiger charge is -2.16. The van der Waals surface area contributed by atoms with Gasteiger partial charge in [0.1, 0.15) is 11.6 Å². The third kappa shape index (κ3) is 3.79. The van der Waals surface area contributed by atoms with Gasteiger partial charge >= 0.3 is 0 Å². The lowest BCUT2D eigenvalue weighted by atomic mass is 10.2. The van der Waals surface area contributed by atoms with Gasteiger partial charge in [-0.1, -0.05) is 17.7 Å². The third-order valence-corrected chi connectivity index (χ3v) is 4.10. The van der Waals surface area contributed by atoms with E-state index in [9.17, 15) is 9.18 Å². The SMILES string of the molecule is O=C(NCc1ccc(N2CCCC2)nc1)c1cc(Cl)ccc1F. The van der Waals surface area contributed by atoms with Gasteiger partial charge in [0, 0.05) is 30.9 Å². The van der Waals surface area contributed by atoms with Gasteiger partial charge in [0.15, 0.2) is 0 Å². The van der Waals surface area contributed by atoms with Crippen LogP contribution >= 0.6 is 11.6 Å². The number of benzene rings is 1. The first kappa shape index (κ1) is 15.7. The van der Waals surface area contributed by atoms with Crippen molar-refractivity contribution in [3.05, 3.63) is 58.5 Å². The van der Waals surface area contributed by atoms with Crippen LogP contribution in [0.5, 0.6) is 0 Å². The van der Waals surface area contributed by atoms with Gasteiger partial charge in [-0.3, -0.25) is 4.79 Å². The molecule has 0 saturated carbocycles. The summed E-state index contributed by atoms with van der Waals surface area (Å²) >= 11 is 5.80. The van der Waals surface area contributed by atoms with Gasteiger partial charge in [-0.15, -0.1) is 0 Å². The summed E-state index contributed by atoms with van der Waals surface area (Å²) in [5, 5.41) is 3.01. The number of hydrogen-bond acceptors (Lipinski definition) is 3. The molecule has 2 aromatic rings. The molecule has 1 saturated heterocycles. The number of hydrogen-bond donors (Lipinski definition) is 1. The Morgan fingerprint density at radius 2 is 2.04 bits per heavy atom. The van der Waals surface area contributed by atoms with Crippen molar-refractivity contribution in [1.29, 1.82) is 0 Å². The van der Waals surface area contributed by atoms with Gasteiger partial charge in [0.2, 0.25) is 0 Å². The van der Waals surface area contributed by atoms with Crippen molar-refractivity contribution in [3.63, 3.8) is 0 Å². The number of nitrogens with zero attached hydrogens (tertiary/aromatic N) is 2. The van der Waals surface area contributed by atoms with E-state index in [1.54, 1.807) is 6.20 Å². The molecule has 1 aromatic carbocycles. The van der Waals surface area contributed by atoms with Crippen LogP contribution in [0, 0.1) is 5.82 Å². The van der Waals surface area contributed by atoms with Gasteiger partial charge < -0.3 is 10.2 Å². The first-order valence-electron chi connectivity index (χ1n) is 7.56. The van der Waals surface area contributed by atoms with E-state index in [2.05, 4.69) is 15.2 Å². The van der Waals surface area contributed by atoms with Gasteiger partial charge in [0.25, 0.3) is 5.91 Å². The number of carbonyl (C=O) groups is 1. The maximum atomic E-state index is 13.6. The molecule has 1 amide bonds. The van der Waals surface area contributed by atoms with Crippen LogP contribution in [0.1, 0.15) is 28.8 Å².